The van der Waals surface area contributed by atoms with Crippen LogP contribution < -0.4 is 75.4 Å². The predicted octanol–water partition coefficient (Wildman–Crippen LogP) is -7.95. The molecule has 11 amide bonds. The standard InChI is InChI=1S/C55H83N17O22/c1-27(77)43-52(89)59-15-4-3-8-30(46(83)64-33(11-7-19-71(94)26-76)49(86)68-44(28(2)78)53(90)69-43)63-47(84)32(10-6-18-70(93)25-75)66-51(88)36(24-74)67-48(85)31(9-5-16-60-55(56)57)65-50(87)35(23-73)61-41-14-17-58-45-34(62-42(82)13-12-38(79)54(91)92)20-29-21-39(80)40(81)22-37(29)72(41)45/h20-22,25-28,30-33,35-36,41,43-44,58,61,73-74,77-78,80,93-94H,3-19,23-24H2,1-2H3,(H,59,89)(H,62,82)(H,63,84)(H,64,83)(H,65,87)(H,66,88)(H,67,85)(H,68,86)(H,69,90)(H,91,92)(H4,56,57,60)/t27-,28-,30+,31+,32+,33+,35-,36-,41+,43+,44+/m1/s1. The van der Waals surface area contributed by atoms with Crippen molar-refractivity contribution in [1.29, 1.82) is 0 Å². The SMILES string of the molecule is C[C@@H](O)[C@@H]1NC(=O)[C@H](CCCN(O)C=O)NC(=O)[C@@H](NC(=O)[C@H](CCCN(O)C=O)NC(=O)[C@@H](CO)NC(=O)[C@H](CCCN=C(N)N)NC(=O)[C@@H](CO)N[C@@H]2CCNc3c(NC(=O)CCC(=O)C(=O)O)cc4cc(O)c(=O)cc-4n32)CCCCNC(=O)[C@H]([C@@H](C)O)NC1=O. The highest BCUT2D eigenvalue weighted by molar-refractivity contribution is 6.33. The minimum absolute atomic E-state index is 0.0268. The number of aliphatic hydroxyl groups excluding tert-OH is 4. The Bertz CT molecular complexity index is 3090. The number of nitrogens with one attached hydrogen (secondary N) is 11. The van der Waals surface area contributed by atoms with Gasteiger partial charge >= 0.3 is 5.97 Å². The van der Waals surface area contributed by atoms with Crippen LogP contribution in [-0.4, -0.2) is 246 Å². The number of Topliss-reactive ketones (excluding diaryl/α,β-unsaturated/α-hetero) is 1. The van der Waals surface area contributed by atoms with E-state index in [0.717, 1.165) is 19.1 Å². The van der Waals surface area contributed by atoms with Crippen LogP contribution in [0.1, 0.15) is 97.1 Å². The van der Waals surface area contributed by atoms with Gasteiger partial charge in [-0.2, -0.15) is 0 Å². The molecule has 0 spiro atoms. The Kier molecular flexibility index (Phi) is 30.8. The zero-order chi connectivity index (χ0) is 69.9. The van der Waals surface area contributed by atoms with Crippen LogP contribution in [0.15, 0.2) is 28.0 Å². The summed E-state index contributed by atoms with van der Waals surface area (Å²) in [7, 11) is 0. The van der Waals surface area contributed by atoms with E-state index in [1.54, 1.807) is 0 Å². The average molecular weight is 1330 g/mol. The van der Waals surface area contributed by atoms with E-state index >= 15 is 0 Å². The van der Waals surface area contributed by atoms with Crippen molar-refractivity contribution in [2.24, 2.45) is 16.5 Å². The molecule has 4 rings (SSSR count). The number of aliphatic hydroxyl groups is 4. The molecule has 0 aromatic rings. The van der Waals surface area contributed by atoms with Gasteiger partial charge in [0.2, 0.25) is 77.2 Å². The number of anilines is 2. The van der Waals surface area contributed by atoms with E-state index in [0.29, 0.717) is 0 Å². The lowest BCUT2D eigenvalue weighted by atomic mass is 10.0. The molecule has 1 saturated heterocycles. The number of aromatic hydroxyl groups is 1. The number of phenols is 1. The number of carboxylic acids is 1. The molecule has 1 aliphatic carbocycles. The zero-order valence-corrected chi connectivity index (χ0v) is 51.4. The number of aliphatic carboxylic acids is 1. The largest absolute Gasteiger partial charge is 0.504 e. The summed E-state index contributed by atoms with van der Waals surface area (Å²) in [6, 6.07) is -10.0. The fraction of sp³-hybridized carbons (Fsp3) is 0.582. The third-order valence-electron chi connectivity index (χ3n) is 14.8. The van der Waals surface area contributed by atoms with Gasteiger partial charge in [-0.15, -0.1) is 0 Å². The van der Waals surface area contributed by atoms with Crippen molar-refractivity contribution in [3.63, 3.8) is 0 Å². The lowest BCUT2D eigenvalue weighted by molar-refractivity contribution is -0.150. The van der Waals surface area contributed by atoms with Crippen molar-refractivity contribution in [1.82, 2.24) is 62.5 Å². The van der Waals surface area contributed by atoms with E-state index < -0.39 is 182 Å². The summed E-state index contributed by atoms with van der Waals surface area (Å²) in [5.41, 5.74) is 10.5. The number of ketones is 1. The molecule has 94 heavy (non-hydrogen) atoms. The summed E-state index contributed by atoms with van der Waals surface area (Å²) >= 11 is 0. The molecule has 0 bridgehead atoms. The van der Waals surface area contributed by atoms with Gasteiger partial charge in [0, 0.05) is 57.2 Å². The molecular formula is C55H83N17O22. The maximum absolute atomic E-state index is 14.4. The Balaban J connectivity index is 1.64. The molecule has 0 aromatic carbocycles. The number of hydroxylamine groups is 4. The summed E-state index contributed by atoms with van der Waals surface area (Å²) in [4.78, 5) is 187. The molecule has 3 heterocycles. The number of carboxylic acid groups (broad SMARTS) is 1. The molecule has 1 fully saturated rings. The van der Waals surface area contributed by atoms with E-state index in [1.165, 1.54) is 17.6 Å². The Morgan fingerprint density at radius 3 is 1.90 bits per heavy atom. The molecule has 39 heteroatoms. The molecular weight excluding hydrogens is 1250 g/mol. The number of carbonyl (C=O) groups is 13. The normalized spacial score (nSPS) is 19.7. The molecule has 0 saturated carbocycles. The summed E-state index contributed by atoms with van der Waals surface area (Å²) < 4.78 is 1.44. The number of guanidine groups is 1. The summed E-state index contributed by atoms with van der Waals surface area (Å²) in [6.07, 6.45) is -6.80. The summed E-state index contributed by atoms with van der Waals surface area (Å²) in [5.74, 6) is -13.4. The molecule has 23 N–H and O–H groups in total. The van der Waals surface area contributed by atoms with Gasteiger partial charge in [0.05, 0.1) is 43.0 Å². The Morgan fingerprint density at radius 2 is 1.29 bits per heavy atom. The number of nitrogens with two attached hydrogens (primary N) is 2. The van der Waals surface area contributed by atoms with E-state index in [-0.39, 0.29) is 136 Å². The first-order chi connectivity index (χ1) is 44.5. The minimum atomic E-state index is -1.94. The van der Waals surface area contributed by atoms with E-state index in [4.69, 9.17) is 16.6 Å². The average Bonchev–Trinajstić information content (AvgIpc) is 0.757. The third-order valence-corrected chi connectivity index (χ3v) is 14.8. The summed E-state index contributed by atoms with van der Waals surface area (Å²) in [6.45, 7) is -0.723. The van der Waals surface area contributed by atoms with Crippen molar-refractivity contribution in [2.45, 2.75) is 158 Å². The number of amides is 11. The second-order valence-electron chi connectivity index (χ2n) is 22.1. The van der Waals surface area contributed by atoms with Crippen molar-refractivity contribution >= 4 is 95.2 Å². The van der Waals surface area contributed by atoms with Gasteiger partial charge in [-0.25, -0.2) is 14.9 Å². The minimum Gasteiger partial charge on any atom is -0.504 e. The predicted molar refractivity (Wildman–Crippen MR) is 324 cm³/mol. The van der Waals surface area contributed by atoms with Gasteiger partial charge in [-0.05, 0) is 90.2 Å². The fourth-order valence-corrected chi connectivity index (χ4v) is 9.83. The molecule has 11 atom stereocenters. The number of aliphatic imine (C=N–C) groups is 1. The van der Waals surface area contributed by atoms with Crippen LogP contribution in [0.2, 0.25) is 0 Å². The quantitative estimate of drug-likeness (QED) is 0.00600. The molecule has 39 nitrogen and oxygen atoms in total. The Hall–Kier alpha value is -9.67. The lowest BCUT2D eigenvalue weighted by Crippen LogP contribution is -2.62. The van der Waals surface area contributed by atoms with Gasteiger partial charge in [-0.3, -0.25) is 83.1 Å². The smallest absolute Gasteiger partial charge is 0.372 e. The van der Waals surface area contributed by atoms with Crippen LogP contribution in [0, 0.1) is 0 Å². The number of aromatic nitrogens is 1. The van der Waals surface area contributed by atoms with Crippen LogP contribution in [0.3, 0.4) is 0 Å². The van der Waals surface area contributed by atoms with Crippen molar-refractivity contribution in [3.05, 3.63) is 28.4 Å². The van der Waals surface area contributed by atoms with Crippen LogP contribution in [-0.2, 0) is 62.3 Å². The number of phenolic OH excluding ortho intramolecular Hbond substituents is 1. The summed E-state index contributed by atoms with van der Waals surface area (Å²) in [5, 5.41) is 110. The second kappa shape index (κ2) is 37.7. The second-order valence-corrected chi connectivity index (χ2v) is 22.1. The molecule has 0 unspecified atom stereocenters. The van der Waals surface area contributed by atoms with E-state index in [2.05, 4.69) is 63.5 Å². The molecule has 4 aliphatic rings. The highest BCUT2D eigenvalue weighted by Gasteiger charge is 2.38. The van der Waals surface area contributed by atoms with E-state index in [1.807, 2.05) is 0 Å². The van der Waals surface area contributed by atoms with Gasteiger partial charge in [0.15, 0.2) is 11.7 Å². The third kappa shape index (κ3) is 23.5. The van der Waals surface area contributed by atoms with Gasteiger partial charge in [0.25, 0.3) is 0 Å². The number of nitrogens with zero attached hydrogens (tertiary/aromatic N) is 4. The first-order valence-corrected chi connectivity index (χ1v) is 29.9. The molecule has 0 radical (unpaired) electrons. The first kappa shape index (κ1) is 76.8. The number of hydrogen-bond acceptors (Lipinski definition) is 24. The van der Waals surface area contributed by atoms with Crippen molar-refractivity contribution in [3.8, 4) is 17.0 Å². The van der Waals surface area contributed by atoms with Crippen molar-refractivity contribution in [2.75, 3.05) is 56.6 Å². The highest BCUT2D eigenvalue weighted by atomic mass is 16.5. The Morgan fingerprint density at radius 1 is 0.702 bits per heavy atom. The lowest BCUT2D eigenvalue weighted by Gasteiger charge is -2.36. The zero-order valence-electron chi connectivity index (χ0n) is 51.4. The number of fused-ring (bicyclic) bond motifs is 3. The van der Waals surface area contributed by atoms with Crippen LogP contribution in [0.25, 0.3) is 11.3 Å². The monoisotopic (exact) mass is 1330 g/mol. The van der Waals surface area contributed by atoms with Crippen molar-refractivity contribution < 1.29 is 103 Å². The number of pyridine rings is 1. The first-order valence-electron chi connectivity index (χ1n) is 29.9. The van der Waals surface area contributed by atoms with Crippen LogP contribution in [0.4, 0.5) is 11.5 Å². The molecule has 3 aliphatic heterocycles. The van der Waals surface area contributed by atoms with Gasteiger partial charge < -0.3 is 99.8 Å². The Labute approximate surface area is 535 Å². The molecule has 0 aromatic heterocycles. The maximum Gasteiger partial charge on any atom is 0.372 e. The van der Waals surface area contributed by atoms with E-state index in [9.17, 15) is 103 Å². The van der Waals surface area contributed by atoms with Gasteiger partial charge in [0.1, 0.15) is 54.2 Å². The van der Waals surface area contributed by atoms with Gasteiger partial charge in [-0.1, -0.05) is 0 Å². The molecule has 520 valence electrons. The topological polar surface area (TPSA) is 609 Å². The highest BCUT2D eigenvalue weighted by Crippen LogP contribution is 2.39. The maximum atomic E-state index is 14.4. The van der Waals surface area contributed by atoms with Crippen LogP contribution in [0.5, 0.6) is 5.75 Å². The van der Waals surface area contributed by atoms with Crippen LogP contribution >= 0.6 is 0 Å². The number of benzene rings is 1. The fourth-order valence-electron chi connectivity index (χ4n) is 9.83. The number of carbonyl (C=O) groups excluding carboxylic acids is 12. The number of hydrogen-bond donors (Lipinski definition) is 21. The number of rotatable bonds is 33.